The Morgan fingerprint density at radius 3 is 2.90 bits per heavy atom. The molecule has 2 saturated heterocycles. The van der Waals surface area contributed by atoms with Crippen molar-refractivity contribution in [2.75, 3.05) is 32.8 Å². The van der Waals surface area contributed by atoms with Crippen molar-refractivity contribution in [3.8, 4) is 0 Å². The highest BCUT2D eigenvalue weighted by Crippen LogP contribution is 2.24. The van der Waals surface area contributed by atoms with Crippen LogP contribution in [0.4, 0.5) is 4.79 Å². The van der Waals surface area contributed by atoms with Crippen LogP contribution in [0.2, 0.25) is 0 Å². The number of aliphatic carboxylic acids is 1. The van der Waals surface area contributed by atoms with Crippen molar-refractivity contribution in [2.24, 2.45) is 0 Å². The van der Waals surface area contributed by atoms with Gasteiger partial charge in [-0.15, -0.1) is 0 Å². The summed E-state index contributed by atoms with van der Waals surface area (Å²) in [7, 11) is 0. The van der Waals surface area contributed by atoms with Crippen LogP contribution in [-0.2, 0) is 14.3 Å². The van der Waals surface area contributed by atoms with Gasteiger partial charge < -0.3 is 24.8 Å². The number of carboxylic acid groups (broad SMARTS) is 1. The summed E-state index contributed by atoms with van der Waals surface area (Å²) in [5.41, 5.74) is -0.275. The SMILES string of the molecule is CC1(CNC(=O)N2CCOC(CC(=O)O)C2)CCCO1. The number of rotatable bonds is 4. The van der Waals surface area contributed by atoms with Crippen molar-refractivity contribution in [3.05, 3.63) is 0 Å². The Balaban J connectivity index is 1.78. The molecule has 0 bridgehead atoms. The molecule has 2 fully saturated rings. The highest BCUT2D eigenvalue weighted by molar-refractivity contribution is 5.74. The number of ether oxygens (including phenoxy) is 2. The molecule has 0 aromatic carbocycles. The van der Waals surface area contributed by atoms with E-state index < -0.39 is 12.1 Å². The first-order valence-corrected chi connectivity index (χ1v) is 6.99. The first-order valence-electron chi connectivity index (χ1n) is 6.99. The van der Waals surface area contributed by atoms with E-state index in [2.05, 4.69) is 5.32 Å². The van der Waals surface area contributed by atoms with Crippen molar-refractivity contribution in [2.45, 2.75) is 37.9 Å². The van der Waals surface area contributed by atoms with E-state index in [1.165, 1.54) is 0 Å². The van der Waals surface area contributed by atoms with E-state index >= 15 is 0 Å². The molecule has 2 unspecified atom stereocenters. The number of hydrogen-bond acceptors (Lipinski definition) is 4. The van der Waals surface area contributed by atoms with Gasteiger partial charge in [0.1, 0.15) is 0 Å². The van der Waals surface area contributed by atoms with Gasteiger partial charge in [-0.25, -0.2) is 4.79 Å². The van der Waals surface area contributed by atoms with Gasteiger partial charge in [0.05, 0.1) is 24.7 Å². The molecule has 2 atom stereocenters. The molecule has 2 aliphatic rings. The van der Waals surface area contributed by atoms with Crippen LogP contribution in [0.1, 0.15) is 26.2 Å². The molecule has 2 amide bonds. The monoisotopic (exact) mass is 286 g/mol. The normalized spacial score (nSPS) is 30.2. The molecule has 2 N–H and O–H groups in total. The number of nitrogens with zero attached hydrogens (tertiary/aromatic N) is 1. The molecule has 2 rings (SSSR count). The maximum atomic E-state index is 12.1. The predicted molar refractivity (Wildman–Crippen MR) is 70.6 cm³/mol. The number of carbonyl (C=O) groups excluding carboxylic acids is 1. The zero-order valence-corrected chi connectivity index (χ0v) is 11.8. The second-order valence-electron chi connectivity index (χ2n) is 5.60. The molecule has 0 saturated carbocycles. The van der Waals surface area contributed by atoms with Crippen molar-refractivity contribution in [1.29, 1.82) is 0 Å². The highest BCUT2D eigenvalue weighted by atomic mass is 16.5. The fourth-order valence-corrected chi connectivity index (χ4v) is 2.57. The van der Waals surface area contributed by atoms with Gasteiger partial charge >= 0.3 is 12.0 Å². The maximum absolute atomic E-state index is 12.1. The minimum atomic E-state index is -0.913. The Kier molecular flexibility index (Phi) is 4.82. The quantitative estimate of drug-likeness (QED) is 0.783. The molecule has 2 heterocycles. The Labute approximate surface area is 118 Å². The zero-order chi connectivity index (χ0) is 14.6. The average Bonchev–Trinajstić information content (AvgIpc) is 2.83. The molecule has 0 radical (unpaired) electrons. The Bertz CT molecular complexity index is 368. The molecular weight excluding hydrogens is 264 g/mol. The Morgan fingerprint density at radius 2 is 2.25 bits per heavy atom. The number of amides is 2. The van der Waals surface area contributed by atoms with Crippen LogP contribution in [0.15, 0.2) is 0 Å². The first kappa shape index (κ1) is 15.1. The second kappa shape index (κ2) is 6.41. The van der Waals surface area contributed by atoms with Crippen LogP contribution in [0.5, 0.6) is 0 Å². The lowest BCUT2D eigenvalue weighted by Crippen LogP contribution is -2.52. The summed E-state index contributed by atoms with van der Waals surface area (Å²) in [4.78, 5) is 24.4. The standard InChI is InChI=1S/C13H22N2O5/c1-13(3-2-5-20-13)9-14-12(18)15-4-6-19-10(8-15)7-11(16)17/h10H,2-9H2,1H3,(H,14,18)(H,16,17). The smallest absolute Gasteiger partial charge is 0.317 e. The Hall–Kier alpha value is -1.34. The molecule has 7 nitrogen and oxygen atoms in total. The molecule has 0 spiro atoms. The van der Waals surface area contributed by atoms with Crippen LogP contribution in [0.3, 0.4) is 0 Å². The topological polar surface area (TPSA) is 88.1 Å². The fraction of sp³-hybridized carbons (Fsp3) is 0.846. The highest BCUT2D eigenvalue weighted by Gasteiger charge is 2.32. The summed E-state index contributed by atoms with van der Waals surface area (Å²) < 4.78 is 11.0. The molecule has 114 valence electrons. The summed E-state index contributed by atoms with van der Waals surface area (Å²) >= 11 is 0. The van der Waals surface area contributed by atoms with Gasteiger partial charge in [-0.05, 0) is 19.8 Å². The number of carbonyl (C=O) groups is 2. The van der Waals surface area contributed by atoms with Crippen LogP contribution < -0.4 is 5.32 Å². The number of carboxylic acids is 1. The van der Waals surface area contributed by atoms with Crippen LogP contribution >= 0.6 is 0 Å². The third-order valence-electron chi connectivity index (χ3n) is 3.74. The van der Waals surface area contributed by atoms with E-state index in [9.17, 15) is 9.59 Å². The minimum absolute atomic E-state index is 0.0788. The number of morpholine rings is 1. The van der Waals surface area contributed by atoms with Crippen LogP contribution in [0.25, 0.3) is 0 Å². The largest absolute Gasteiger partial charge is 0.481 e. The van der Waals surface area contributed by atoms with Crippen molar-refractivity contribution in [1.82, 2.24) is 10.2 Å². The molecule has 20 heavy (non-hydrogen) atoms. The van der Waals surface area contributed by atoms with Gasteiger partial charge in [-0.3, -0.25) is 4.79 Å². The molecule has 7 heteroatoms. The minimum Gasteiger partial charge on any atom is -0.481 e. The Morgan fingerprint density at radius 1 is 1.45 bits per heavy atom. The number of hydrogen-bond donors (Lipinski definition) is 2. The van der Waals surface area contributed by atoms with E-state index in [4.69, 9.17) is 14.6 Å². The number of nitrogens with one attached hydrogen (secondary N) is 1. The molecule has 2 aliphatic heterocycles. The molecule has 0 aromatic heterocycles. The van der Waals surface area contributed by atoms with Crippen LogP contribution in [0, 0.1) is 0 Å². The van der Waals surface area contributed by atoms with E-state index in [1.807, 2.05) is 6.92 Å². The van der Waals surface area contributed by atoms with Gasteiger partial charge in [0.25, 0.3) is 0 Å². The van der Waals surface area contributed by atoms with Crippen molar-refractivity contribution >= 4 is 12.0 Å². The first-order chi connectivity index (χ1) is 9.48. The predicted octanol–water partition coefficient (Wildman–Crippen LogP) is 0.441. The summed E-state index contributed by atoms with van der Waals surface area (Å²) in [5, 5.41) is 11.6. The third kappa shape index (κ3) is 4.08. The summed E-state index contributed by atoms with van der Waals surface area (Å²) in [6, 6.07) is -0.180. The van der Waals surface area contributed by atoms with Crippen molar-refractivity contribution < 1.29 is 24.2 Å². The van der Waals surface area contributed by atoms with E-state index in [1.54, 1.807) is 4.90 Å². The summed E-state index contributed by atoms with van der Waals surface area (Å²) in [6.45, 7) is 4.39. The molecule has 0 aliphatic carbocycles. The van der Waals surface area contributed by atoms with Gasteiger partial charge in [-0.1, -0.05) is 0 Å². The lowest BCUT2D eigenvalue weighted by Gasteiger charge is -2.33. The van der Waals surface area contributed by atoms with Crippen molar-refractivity contribution in [3.63, 3.8) is 0 Å². The zero-order valence-electron chi connectivity index (χ0n) is 11.8. The lowest BCUT2D eigenvalue weighted by molar-refractivity contribution is -0.141. The maximum Gasteiger partial charge on any atom is 0.317 e. The molecule has 0 aromatic rings. The van der Waals surface area contributed by atoms with Gasteiger partial charge in [0, 0.05) is 26.2 Å². The second-order valence-corrected chi connectivity index (χ2v) is 5.60. The summed E-state index contributed by atoms with van der Waals surface area (Å²) in [6.07, 6.45) is 1.46. The fourth-order valence-electron chi connectivity index (χ4n) is 2.57. The lowest BCUT2D eigenvalue weighted by atomic mass is 10.0. The van der Waals surface area contributed by atoms with Gasteiger partial charge in [-0.2, -0.15) is 0 Å². The van der Waals surface area contributed by atoms with Gasteiger partial charge in [0.15, 0.2) is 0 Å². The third-order valence-corrected chi connectivity index (χ3v) is 3.74. The van der Waals surface area contributed by atoms with Gasteiger partial charge in [0.2, 0.25) is 0 Å². The van der Waals surface area contributed by atoms with E-state index in [0.29, 0.717) is 26.2 Å². The van der Waals surface area contributed by atoms with E-state index in [0.717, 1.165) is 19.4 Å². The number of urea groups is 1. The van der Waals surface area contributed by atoms with Crippen LogP contribution in [-0.4, -0.2) is 66.6 Å². The summed E-state index contributed by atoms with van der Waals surface area (Å²) in [5.74, 6) is -0.913. The molecular formula is C13H22N2O5. The average molecular weight is 286 g/mol. The van der Waals surface area contributed by atoms with E-state index in [-0.39, 0.29) is 18.1 Å².